The van der Waals surface area contributed by atoms with E-state index in [2.05, 4.69) is 78.8 Å². The summed E-state index contributed by atoms with van der Waals surface area (Å²) in [6.45, 7) is 15.9. The zero-order valence-electron chi connectivity index (χ0n) is 24.8. The van der Waals surface area contributed by atoms with E-state index in [-0.39, 0.29) is 24.8 Å². The first-order valence-electron chi connectivity index (χ1n) is 14.1. The molecule has 0 heterocycles. The summed E-state index contributed by atoms with van der Waals surface area (Å²) in [7, 11) is 0. The van der Waals surface area contributed by atoms with Crippen LogP contribution in [-0.4, -0.2) is 3.21 Å². The van der Waals surface area contributed by atoms with Gasteiger partial charge in [-0.2, -0.15) is 42.0 Å². The molecule has 0 saturated carbocycles. The summed E-state index contributed by atoms with van der Waals surface area (Å²) in [5.41, 5.74) is 9.84. The molecule has 0 amide bonds. The van der Waals surface area contributed by atoms with Crippen molar-refractivity contribution in [1.82, 2.24) is 0 Å². The summed E-state index contributed by atoms with van der Waals surface area (Å²) in [6, 6.07) is 23.0. The van der Waals surface area contributed by atoms with Crippen molar-refractivity contribution >= 4 is 3.21 Å². The fourth-order valence-electron chi connectivity index (χ4n) is 4.37. The molecular formula is C35H48Cl2Zr-2. The average molecular weight is 631 g/mol. The Balaban J connectivity index is 0.000000676. The zero-order chi connectivity index (χ0) is 26.5. The van der Waals surface area contributed by atoms with Crippen LogP contribution in [0.4, 0.5) is 0 Å². The number of benzene rings is 2. The van der Waals surface area contributed by atoms with Crippen molar-refractivity contribution in [2.45, 2.75) is 99.8 Å². The van der Waals surface area contributed by atoms with Crippen LogP contribution >= 0.6 is 0 Å². The van der Waals surface area contributed by atoms with Gasteiger partial charge in [-0.25, -0.2) is 12.1 Å². The van der Waals surface area contributed by atoms with Gasteiger partial charge in [-0.05, 0) is 55.2 Å². The molecule has 0 radical (unpaired) electrons. The predicted molar refractivity (Wildman–Crippen MR) is 157 cm³/mol. The van der Waals surface area contributed by atoms with Crippen LogP contribution in [0.1, 0.15) is 101 Å². The molecule has 1 aliphatic rings. The number of unbranched alkanes of at least 4 members (excludes halogenated alkanes) is 2. The summed E-state index contributed by atoms with van der Waals surface area (Å²) in [4.78, 5) is 0. The minimum atomic E-state index is 0. The number of fused-ring (bicyclic) bond motifs is 3. The Morgan fingerprint density at radius 1 is 0.895 bits per heavy atom. The minimum Gasteiger partial charge on any atom is -1.00 e. The van der Waals surface area contributed by atoms with Crippen LogP contribution in [0.2, 0.25) is 0 Å². The molecule has 3 heteroatoms. The van der Waals surface area contributed by atoms with Gasteiger partial charge in [-0.3, -0.25) is 0 Å². The quantitative estimate of drug-likeness (QED) is 0.246. The summed E-state index contributed by atoms with van der Waals surface area (Å²) in [6.07, 6.45) is 10.5. The van der Waals surface area contributed by atoms with Gasteiger partial charge in [0.15, 0.2) is 0 Å². The van der Waals surface area contributed by atoms with Crippen LogP contribution in [0, 0.1) is 31.7 Å². The van der Waals surface area contributed by atoms with Crippen LogP contribution in [0.25, 0.3) is 11.1 Å². The Kier molecular flexibility index (Phi) is 19.6. The first-order chi connectivity index (χ1) is 17.3. The van der Waals surface area contributed by atoms with Crippen LogP contribution in [0.5, 0.6) is 0 Å². The molecule has 0 spiro atoms. The third-order valence-corrected chi connectivity index (χ3v) is 8.59. The largest absolute Gasteiger partial charge is 1.00 e. The van der Waals surface area contributed by atoms with Gasteiger partial charge in [-0.1, -0.05) is 38.5 Å². The molecule has 1 atom stereocenters. The van der Waals surface area contributed by atoms with Crippen molar-refractivity contribution in [3.05, 3.63) is 88.5 Å². The third-order valence-electron chi connectivity index (χ3n) is 7.36. The first kappa shape index (κ1) is 37.1. The second-order valence-corrected chi connectivity index (χ2v) is 12.6. The van der Waals surface area contributed by atoms with E-state index in [4.69, 9.17) is 0 Å². The van der Waals surface area contributed by atoms with Gasteiger partial charge in [-0.15, -0.1) is 11.1 Å². The fraction of sp³-hybridized carbons (Fsp3) is 0.486. The molecule has 0 nitrogen and oxygen atoms in total. The Labute approximate surface area is 261 Å². The molecule has 0 saturated heterocycles. The Morgan fingerprint density at radius 2 is 1.47 bits per heavy atom. The monoisotopic (exact) mass is 628 g/mol. The van der Waals surface area contributed by atoms with Crippen molar-refractivity contribution in [3.63, 3.8) is 0 Å². The molecule has 0 aliphatic heterocycles. The SMILES string of the molecule is CCCC[C](=[Zr+2])CCCC.Cc1cc2c(cc1C)-c1ccc(CC(C)C(C)C)[c-]c1C2.[Cl-].[Cl-].c1cc[cH-]c1. The molecule has 3 aromatic rings. The van der Waals surface area contributed by atoms with Gasteiger partial charge in [0.2, 0.25) is 0 Å². The molecular weight excluding hydrogens is 583 g/mol. The van der Waals surface area contributed by atoms with Crippen molar-refractivity contribution < 1.29 is 49.0 Å². The molecule has 0 bridgehead atoms. The normalized spacial score (nSPS) is 11.5. The Morgan fingerprint density at radius 3 is 1.97 bits per heavy atom. The van der Waals surface area contributed by atoms with Gasteiger partial charge in [0, 0.05) is 0 Å². The number of halogens is 2. The van der Waals surface area contributed by atoms with Gasteiger partial charge in [0.1, 0.15) is 0 Å². The van der Waals surface area contributed by atoms with Crippen molar-refractivity contribution in [2.75, 3.05) is 0 Å². The van der Waals surface area contributed by atoms with Crippen molar-refractivity contribution in [1.29, 1.82) is 0 Å². The molecule has 38 heavy (non-hydrogen) atoms. The molecule has 1 unspecified atom stereocenters. The molecule has 1 aliphatic carbocycles. The van der Waals surface area contributed by atoms with Crippen LogP contribution in [0.15, 0.2) is 54.6 Å². The van der Waals surface area contributed by atoms with Crippen molar-refractivity contribution in [3.8, 4) is 11.1 Å². The van der Waals surface area contributed by atoms with Gasteiger partial charge < -0.3 is 24.8 Å². The fourth-order valence-corrected chi connectivity index (χ4v) is 5.24. The van der Waals surface area contributed by atoms with Gasteiger partial charge in [0.05, 0.1) is 0 Å². The predicted octanol–water partition coefficient (Wildman–Crippen LogP) is 4.01. The topological polar surface area (TPSA) is 0 Å². The van der Waals surface area contributed by atoms with E-state index in [9.17, 15) is 0 Å². The number of aryl methyl sites for hydroxylation is 2. The van der Waals surface area contributed by atoms with Crippen LogP contribution in [-0.2, 0) is 37.1 Å². The minimum absolute atomic E-state index is 0. The van der Waals surface area contributed by atoms with E-state index in [1.807, 2.05) is 30.3 Å². The Bertz CT molecular complexity index is 1020. The van der Waals surface area contributed by atoms with Crippen molar-refractivity contribution in [2.24, 2.45) is 11.8 Å². The third kappa shape index (κ3) is 12.5. The summed E-state index contributed by atoms with van der Waals surface area (Å²) in [5.74, 6) is 1.45. The number of hydrogen-bond donors (Lipinski definition) is 0. The van der Waals surface area contributed by atoms with E-state index >= 15 is 0 Å². The second-order valence-electron chi connectivity index (χ2n) is 10.8. The van der Waals surface area contributed by atoms with Gasteiger partial charge >= 0.3 is 79.8 Å². The summed E-state index contributed by atoms with van der Waals surface area (Å²) < 4.78 is 1.79. The molecule has 3 aromatic carbocycles. The van der Waals surface area contributed by atoms with E-state index in [0.29, 0.717) is 5.92 Å². The van der Waals surface area contributed by atoms with E-state index in [0.717, 1.165) is 18.8 Å². The maximum absolute atomic E-state index is 3.70. The number of hydrogen-bond acceptors (Lipinski definition) is 0. The number of rotatable bonds is 9. The smallest absolute Gasteiger partial charge is 0.0253 e. The van der Waals surface area contributed by atoms with E-state index in [1.54, 1.807) is 27.4 Å². The maximum atomic E-state index is 3.70. The zero-order valence-corrected chi connectivity index (χ0v) is 28.7. The van der Waals surface area contributed by atoms with Gasteiger partial charge in [0.25, 0.3) is 0 Å². The molecule has 0 N–H and O–H groups in total. The Hall–Kier alpha value is -0.877. The van der Waals surface area contributed by atoms with E-state index in [1.165, 1.54) is 77.5 Å². The van der Waals surface area contributed by atoms with E-state index < -0.39 is 0 Å². The molecule has 208 valence electrons. The maximum Gasteiger partial charge on any atom is -0.0253 e. The second kappa shape index (κ2) is 20.1. The van der Waals surface area contributed by atoms with Crippen LogP contribution in [0.3, 0.4) is 0 Å². The molecule has 4 rings (SSSR count). The van der Waals surface area contributed by atoms with Crippen LogP contribution < -0.4 is 24.8 Å². The summed E-state index contributed by atoms with van der Waals surface area (Å²) >= 11 is 1.67. The standard InChI is InChI=1S/C21H25.C9H18.C5H5.2ClH.Zr/c1-13(2)14(3)8-17-6-7-20-19(11-17)12-18-9-15(4)16(5)10-21(18)20;1-3-5-7-9-8-6-4-2;1-2-4-5-3-1;;;/h6-7,9-10,13-14H,8,12H2,1-5H3;3-8H2,1-2H3;1-5H;2*1H;/q-1;;-1;;;+2/p-2. The summed E-state index contributed by atoms with van der Waals surface area (Å²) in [5, 5.41) is 0. The molecule has 0 aromatic heterocycles. The molecule has 0 fully saturated rings. The first-order valence-corrected chi connectivity index (χ1v) is 15.4. The average Bonchev–Trinajstić information content (AvgIpc) is 3.54.